The van der Waals surface area contributed by atoms with Gasteiger partial charge in [0.15, 0.2) is 5.82 Å². The Hall–Kier alpha value is -0.900. The minimum atomic E-state index is -0.00722. The largest absolute Gasteiger partial charge is 0.388 e. The van der Waals surface area contributed by atoms with Gasteiger partial charge in [-0.05, 0) is 18.8 Å². The van der Waals surface area contributed by atoms with Crippen molar-refractivity contribution in [1.82, 2.24) is 14.8 Å². The van der Waals surface area contributed by atoms with Gasteiger partial charge in [-0.3, -0.25) is 0 Å². The minimum Gasteiger partial charge on any atom is -0.388 e. The molecule has 0 saturated heterocycles. The predicted molar refractivity (Wildman–Crippen MR) is 52.5 cm³/mol. The van der Waals surface area contributed by atoms with E-state index in [9.17, 15) is 0 Å². The lowest BCUT2D eigenvalue weighted by atomic mass is 9.89. The molecular weight excluding hydrogens is 178 g/mol. The van der Waals surface area contributed by atoms with Gasteiger partial charge in [0.1, 0.15) is 12.9 Å². The summed E-state index contributed by atoms with van der Waals surface area (Å²) in [5.41, 5.74) is 0. The molecule has 1 aliphatic carbocycles. The van der Waals surface area contributed by atoms with Gasteiger partial charge in [0.25, 0.3) is 0 Å². The van der Waals surface area contributed by atoms with Crippen molar-refractivity contribution in [2.45, 2.75) is 45.3 Å². The Morgan fingerprint density at radius 2 is 2.14 bits per heavy atom. The molecule has 0 aromatic carbocycles. The smallest absolute Gasteiger partial charge is 0.152 e. The second kappa shape index (κ2) is 4.55. The number of nitrogens with zero attached hydrogens (tertiary/aromatic N) is 3. The van der Waals surface area contributed by atoms with Gasteiger partial charge in [-0.2, -0.15) is 5.10 Å². The van der Waals surface area contributed by atoms with Crippen LogP contribution >= 0.6 is 0 Å². The topological polar surface area (TPSA) is 50.9 Å². The van der Waals surface area contributed by atoms with Gasteiger partial charge < -0.3 is 5.11 Å². The van der Waals surface area contributed by atoms with Crippen LogP contribution in [-0.4, -0.2) is 19.9 Å². The van der Waals surface area contributed by atoms with E-state index in [0.717, 1.165) is 12.5 Å². The van der Waals surface area contributed by atoms with E-state index in [4.69, 9.17) is 5.11 Å². The lowest BCUT2D eigenvalue weighted by Crippen LogP contribution is -2.17. The molecule has 0 aliphatic heterocycles. The first-order valence-electron chi connectivity index (χ1n) is 5.37. The zero-order valence-electron chi connectivity index (χ0n) is 8.39. The van der Waals surface area contributed by atoms with Crippen LogP contribution in [0.25, 0.3) is 0 Å². The summed E-state index contributed by atoms with van der Waals surface area (Å²) in [6, 6.07) is 0. The molecule has 0 amide bonds. The maximum atomic E-state index is 9.01. The van der Waals surface area contributed by atoms with Crippen molar-refractivity contribution < 1.29 is 5.11 Å². The summed E-state index contributed by atoms with van der Waals surface area (Å²) in [6.45, 7) is 0.919. The Balaban J connectivity index is 1.95. The highest BCUT2D eigenvalue weighted by Crippen LogP contribution is 2.24. The van der Waals surface area contributed by atoms with Gasteiger partial charge in [-0.1, -0.05) is 19.3 Å². The molecule has 1 aromatic rings. The standard InChI is InChI=1S/C10H17N3O/c14-7-10-11-8-12-13(10)6-9-4-2-1-3-5-9/h8-9,14H,1-7H2. The Morgan fingerprint density at radius 1 is 1.36 bits per heavy atom. The molecule has 1 fully saturated rings. The molecule has 2 rings (SSSR count). The number of aliphatic hydroxyl groups is 1. The van der Waals surface area contributed by atoms with Crippen LogP contribution in [0, 0.1) is 5.92 Å². The summed E-state index contributed by atoms with van der Waals surface area (Å²) in [4.78, 5) is 4.00. The SMILES string of the molecule is OCc1ncnn1CC1CCCCC1. The summed E-state index contributed by atoms with van der Waals surface area (Å²) >= 11 is 0. The fourth-order valence-corrected chi connectivity index (χ4v) is 2.18. The molecule has 4 heteroatoms. The van der Waals surface area contributed by atoms with Crippen LogP contribution in [0.3, 0.4) is 0 Å². The molecule has 78 valence electrons. The normalized spacial score (nSPS) is 18.6. The third-order valence-electron chi connectivity index (χ3n) is 2.99. The summed E-state index contributed by atoms with van der Waals surface area (Å²) in [7, 11) is 0. The van der Waals surface area contributed by atoms with E-state index < -0.39 is 0 Å². The van der Waals surface area contributed by atoms with E-state index in [2.05, 4.69) is 10.1 Å². The van der Waals surface area contributed by atoms with E-state index in [1.54, 1.807) is 0 Å². The Bertz CT molecular complexity index is 279. The molecule has 0 unspecified atom stereocenters. The lowest BCUT2D eigenvalue weighted by molar-refractivity contribution is 0.248. The number of aliphatic hydroxyl groups excluding tert-OH is 1. The van der Waals surface area contributed by atoms with Crippen LogP contribution in [0.15, 0.2) is 6.33 Å². The van der Waals surface area contributed by atoms with Gasteiger partial charge in [0.2, 0.25) is 0 Å². The second-order valence-electron chi connectivity index (χ2n) is 4.02. The summed E-state index contributed by atoms with van der Waals surface area (Å²) in [5, 5.41) is 13.1. The fourth-order valence-electron chi connectivity index (χ4n) is 2.18. The molecule has 4 nitrogen and oxygen atoms in total. The van der Waals surface area contributed by atoms with Crippen LogP contribution in [0.4, 0.5) is 0 Å². The monoisotopic (exact) mass is 195 g/mol. The summed E-state index contributed by atoms with van der Waals surface area (Å²) in [5.74, 6) is 1.42. The van der Waals surface area contributed by atoms with E-state index in [0.29, 0.717) is 5.82 Å². The molecule has 0 spiro atoms. The Morgan fingerprint density at radius 3 is 2.86 bits per heavy atom. The van der Waals surface area contributed by atoms with Crippen molar-refractivity contribution in [2.24, 2.45) is 5.92 Å². The predicted octanol–water partition coefficient (Wildman–Crippen LogP) is 1.35. The molecule has 1 N–H and O–H groups in total. The van der Waals surface area contributed by atoms with Crippen LogP contribution in [0.1, 0.15) is 37.9 Å². The number of hydrogen-bond donors (Lipinski definition) is 1. The Kier molecular flexibility index (Phi) is 3.14. The second-order valence-corrected chi connectivity index (χ2v) is 4.02. The minimum absolute atomic E-state index is 0.00722. The van der Waals surface area contributed by atoms with Crippen molar-refractivity contribution in [3.8, 4) is 0 Å². The molecule has 14 heavy (non-hydrogen) atoms. The maximum Gasteiger partial charge on any atom is 0.152 e. The molecule has 1 heterocycles. The quantitative estimate of drug-likeness (QED) is 0.792. The average molecular weight is 195 g/mol. The number of rotatable bonds is 3. The highest BCUT2D eigenvalue weighted by Gasteiger charge is 2.15. The van der Waals surface area contributed by atoms with Crippen LogP contribution in [0.2, 0.25) is 0 Å². The fraction of sp³-hybridized carbons (Fsp3) is 0.800. The molecule has 1 aliphatic rings. The molecule has 0 atom stereocenters. The van der Waals surface area contributed by atoms with Gasteiger partial charge in [0.05, 0.1) is 0 Å². The zero-order chi connectivity index (χ0) is 9.80. The van der Waals surface area contributed by atoms with E-state index in [1.165, 1.54) is 38.4 Å². The molecule has 1 saturated carbocycles. The van der Waals surface area contributed by atoms with Crippen molar-refractivity contribution in [2.75, 3.05) is 0 Å². The molecular formula is C10H17N3O. The van der Waals surface area contributed by atoms with Crippen LogP contribution in [-0.2, 0) is 13.2 Å². The highest BCUT2D eigenvalue weighted by molar-refractivity contribution is 4.82. The molecule has 0 bridgehead atoms. The Labute approximate surface area is 84.0 Å². The van der Waals surface area contributed by atoms with E-state index in [1.807, 2.05) is 4.68 Å². The first kappa shape index (κ1) is 9.65. The summed E-state index contributed by atoms with van der Waals surface area (Å²) < 4.78 is 1.84. The van der Waals surface area contributed by atoms with Crippen LogP contribution < -0.4 is 0 Å². The first-order chi connectivity index (χ1) is 6.90. The van der Waals surface area contributed by atoms with Gasteiger partial charge in [-0.25, -0.2) is 9.67 Å². The third kappa shape index (κ3) is 2.12. The molecule has 0 radical (unpaired) electrons. The number of hydrogen-bond acceptors (Lipinski definition) is 3. The maximum absolute atomic E-state index is 9.01. The average Bonchev–Trinajstić information content (AvgIpc) is 2.67. The lowest BCUT2D eigenvalue weighted by Gasteiger charge is -2.21. The van der Waals surface area contributed by atoms with Crippen LogP contribution in [0.5, 0.6) is 0 Å². The van der Waals surface area contributed by atoms with E-state index in [-0.39, 0.29) is 6.61 Å². The summed E-state index contributed by atoms with van der Waals surface area (Å²) in [6.07, 6.45) is 8.17. The van der Waals surface area contributed by atoms with Gasteiger partial charge in [0, 0.05) is 6.54 Å². The van der Waals surface area contributed by atoms with Gasteiger partial charge >= 0.3 is 0 Å². The van der Waals surface area contributed by atoms with E-state index >= 15 is 0 Å². The number of aromatic nitrogens is 3. The van der Waals surface area contributed by atoms with Crippen molar-refractivity contribution >= 4 is 0 Å². The van der Waals surface area contributed by atoms with Crippen molar-refractivity contribution in [3.63, 3.8) is 0 Å². The third-order valence-corrected chi connectivity index (χ3v) is 2.99. The first-order valence-corrected chi connectivity index (χ1v) is 5.37. The van der Waals surface area contributed by atoms with Gasteiger partial charge in [-0.15, -0.1) is 0 Å². The van der Waals surface area contributed by atoms with Crippen molar-refractivity contribution in [3.05, 3.63) is 12.2 Å². The molecule has 1 aromatic heterocycles. The van der Waals surface area contributed by atoms with Crippen molar-refractivity contribution in [1.29, 1.82) is 0 Å². The highest BCUT2D eigenvalue weighted by atomic mass is 16.3. The zero-order valence-corrected chi connectivity index (χ0v) is 8.39.